The van der Waals surface area contributed by atoms with Gasteiger partial charge < -0.3 is 19.7 Å². The average Bonchev–Trinajstić information content (AvgIpc) is 3.31. The number of halogens is 2. The number of nitrogens with zero attached hydrogens (tertiary/aromatic N) is 5. The summed E-state index contributed by atoms with van der Waals surface area (Å²) in [5.74, 6) is 1.50. The quantitative estimate of drug-likeness (QED) is 0.455. The Morgan fingerprint density at radius 3 is 2.75 bits per heavy atom. The molecule has 0 bridgehead atoms. The van der Waals surface area contributed by atoms with E-state index >= 15 is 0 Å². The van der Waals surface area contributed by atoms with Gasteiger partial charge in [-0.3, -0.25) is 0 Å². The lowest BCUT2D eigenvalue weighted by molar-refractivity contribution is 0.153. The monoisotopic (exact) mass is 522 g/mol. The Morgan fingerprint density at radius 1 is 1.17 bits per heavy atom. The third-order valence-electron chi connectivity index (χ3n) is 8.70. The number of fused-ring (bicyclic) bond motifs is 2. The largest absolute Gasteiger partial charge is 0.339 e. The second-order valence-corrected chi connectivity index (χ2v) is 11.6. The van der Waals surface area contributed by atoms with E-state index in [1.165, 1.54) is 12.0 Å². The normalized spacial score (nSPS) is 26.2. The fraction of sp³-hybridized carbons (Fsp3) is 0.500. The van der Waals surface area contributed by atoms with Crippen molar-refractivity contribution < 1.29 is 0 Å². The highest BCUT2D eigenvalue weighted by molar-refractivity contribution is 6.42. The lowest BCUT2D eigenvalue weighted by Gasteiger charge is -2.34. The molecule has 2 aromatic carbocycles. The third-order valence-corrected chi connectivity index (χ3v) is 9.43. The first-order chi connectivity index (χ1) is 17.5. The van der Waals surface area contributed by atoms with Crippen LogP contribution in [0.1, 0.15) is 36.8 Å². The molecular formula is C28H32Cl2N6. The molecule has 2 saturated carbocycles. The van der Waals surface area contributed by atoms with E-state index in [4.69, 9.17) is 28.2 Å². The van der Waals surface area contributed by atoms with Crippen molar-refractivity contribution in [1.29, 1.82) is 5.26 Å². The van der Waals surface area contributed by atoms with Gasteiger partial charge in [-0.15, -0.1) is 0 Å². The van der Waals surface area contributed by atoms with Crippen molar-refractivity contribution in [2.45, 2.75) is 37.1 Å². The number of hydrogen-bond donors (Lipinski definition) is 1. The number of benzene rings is 2. The third kappa shape index (κ3) is 4.37. The topological polar surface area (TPSA) is 62.2 Å². The van der Waals surface area contributed by atoms with E-state index in [-0.39, 0.29) is 5.41 Å². The maximum absolute atomic E-state index is 9.42. The lowest BCUT2D eigenvalue weighted by Crippen LogP contribution is -2.45. The minimum absolute atomic E-state index is 0.200. The van der Waals surface area contributed by atoms with Crippen LogP contribution in [0.2, 0.25) is 10.0 Å². The van der Waals surface area contributed by atoms with Gasteiger partial charge in [0.05, 0.1) is 32.7 Å². The van der Waals surface area contributed by atoms with Crippen LogP contribution < -0.4 is 4.90 Å². The molecule has 3 aromatic rings. The lowest BCUT2D eigenvalue weighted by atomic mass is 9.92. The number of hydrogen-bond acceptors (Lipinski definition) is 5. The van der Waals surface area contributed by atoms with Gasteiger partial charge in [-0.2, -0.15) is 5.26 Å². The van der Waals surface area contributed by atoms with Crippen LogP contribution in [0.15, 0.2) is 36.4 Å². The number of likely N-dealkylation sites (N-methyl/N-ethyl adjacent to an activating group) is 1. The molecule has 1 saturated heterocycles. The number of aromatic amines is 1. The Morgan fingerprint density at radius 2 is 1.97 bits per heavy atom. The molecule has 3 atom stereocenters. The summed E-state index contributed by atoms with van der Waals surface area (Å²) in [5.41, 5.74) is 4.06. The van der Waals surface area contributed by atoms with Gasteiger partial charge in [-0.05, 0) is 75.0 Å². The second-order valence-electron chi connectivity index (χ2n) is 10.8. The van der Waals surface area contributed by atoms with E-state index < -0.39 is 0 Å². The fourth-order valence-corrected chi connectivity index (χ4v) is 6.89. The first-order valence-corrected chi connectivity index (χ1v) is 13.8. The van der Waals surface area contributed by atoms with Crippen LogP contribution in [0.25, 0.3) is 11.0 Å². The summed E-state index contributed by atoms with van der Waals surface area (Å²) in [7, 11) is 2.20. The highest BCUT2D eigenvalue weighted by Crippen LogP contribution is 2.65. The molecule has 6 rings (SSSR count). The molecule has 2 heterocycles. The molecule has 1 N–H and O–H groups in total. The van der Waals surface area contributed by atoms with Gasteiger partial charge in [0.25, 0.3) is 0 Å². The van der Waals surface area contributed by atoms with Gasteiger partial charge in [0.15, 0.2) is 0 Å². The van der Waals surface area contributed by atoms with Crippen LogP contribution >= 0.6 is 23.2 Å². The molecule has 0 amide bonds. The van der Waals surface area contributed by atoms with Gasteiger partial charge in [-0.1, -0.05) is 35.3 Å². The molecule has 3 fully saturated rings. The first-order valence-electron chi connectivity index (χ1n) is 13.0. The molecule has 36 heavy (non-hydrogen) atoms. The molecule has 3 aliphatic rings. The summed E-state index contributed by atoms with van der Waals surface area (Å²) in [6.07, 6.45) is 4.57. The van der Waals surface area contributed by atoms with Crippen molar-refractivity contribution in [3.63, 3.8) is 0 Å². The Balaban J connectivity index is 1.25. The van der Waals surface area contributed by atoms with Crippen LogP contribution in [-0.2, 0) is 5.41 Å². The summed E-state index contributed by atoms with van der Waals surface area (Å²) < 4.78 is 0. The standard InChI is InChI=1S/C28H32Cl2N6/c1-34-10-12-35(13-11-34)8-3-9-36(27-32-24-15-22(29)23(30)16-25(24)33-27)26-6-7-28(17-21(26)28)20-5-2-4-19(14-20)18-31/h2,4-5,14-16,21,26H,3,6-13,17H2,1H3,(H,32,33)/t21?,26-,28?/m1/s1. The number of imidazole rings is 1. The number of rotatable bonds is 7. The van der Waals surface area contributed by atoms with E-state index in [9.17, 15) is 5.26 Å². The van der Waals surface area contributed by atoms with Crippen LogP contribution in [-0.4, -0.2) is 72.1 Å². The highest BCUT2D eigenvalue weighted by Gasteiger charge is 2.63. The van der Waals surface area contributed by atoms with Crippen molar-refractivity contribution in [3.05, 3.63) is 57.6 Å². The van der Waals surface area contributed by atoms with Crippen LogP contribution in [0.4, 0.5) is 5.95 Å². The minimum Gasteiger partial charge on any atom is -0.339 e. The Kier molecular flexibility index (Phi) is 6.37. The summed E-state index contributed by atoms with van der Waals surface area (Å²) in [5, 5.41) is 10.5. The molecule has 188 valence electrons. The Labute approximate surface area is 222 Å². The Hall–Kier alpha value is -2.30. The zero-order valence-electron chi connectivity index (χ0n) is 20.7. The van der Waals surface area contributed by atoms with Gasteiger partial charge in [-0.25, -0.2) is 4.98 Å². The zero-order valence-corrected chi connectivity index (χ0v) is 22.2. The number of aromatic nitrogens is 2. The number of piperazine rings is 1. The van der Waals surface area contributed by atoms with E-state index in [1.807, 2.05) is 24.3 Å². The summed E-state index contributed by atoms with van der Waals surface area (Å²) in [6.45, 7) is 6.64. The van der Waals surface area contributed by atoms with Crippen molar-refractivity contribution in [2.75, 3.05) is 51.2 Å². The molecule has 0 radical (unpaired) electrons. The smallest absolute Gasteiger partial charge is 0.204 e. The second kappa shape index (κ2) is 9.54. The number of nitrogens with one attached hydrogen (secondary N) is 1. The van der Waals surface area contributed by atoms with E-state index in [2.05, 4.69) is 44.9 Å². The van der Waals surface area contributed by atoms with E-state index in [1.54, 1.807) is 0 Å². The first kappa shape index (κ1) is 24.1. The van der Waals surface area contributed by atoms with Crippen LogP contribution in [0.5, 0.6) is 0 Å². The van der Waals surface area contributed by atoms with Gasteiger partial charge in [0, 0.05) is 44.2 Å². The molecule has 2 unspecified atom stereocenters. The van der Waals surface area contributed by atoms with Crippen molar-refractivity contribution in [1.82, 2.24) is 19.8 Å². The molecule has 1 aliphatic heterocycles. The average molecular weight is 524 g/mol. The molecule has 8 heteroatoms. The maximum Gasteiger partial charge on any atom is 0.204 e. The molecule has 0 spiro atoms. The zero-order chi connectivity index (χ0) is 24.9. The SMILES string of the molecule is CN1CCN(CCCN(c2nc3cc(Cl)c(Cl)cc3[nH]2)[C@@H]2CCC3(c4cccc(C#N)c4)CC23)CC1. The van der Waals surface area contributed by atoms with Gasteiger partial charge in [0.1, 0.15) is 0 Å². The molecule has 6 nitrogen and oxygen atoms in total. The number of anilines is 1. The molecule has 2 aliphatic carbocycles. The van der Waals surface area contributed by atoms with Gasteiger partial charge >= 0.3 is 0 Å². The summed E-state index contributed by atoms with van der Waals surface area (Å²) in [4.78, 5) is 16.0. The fourth-order valence-electron chi connectivity index (χ4n) is 6.57. The van der Waals surface area contributed by atoms with E-state index in [0.29, 0.717) is 22.0 Å². The minimum atomic E-state index is 0.200. The summed E-state index contributed by atoms with van der Waals surface area (Å²) in [6, 6.07) is 14.7. The predicted octanol–water partition coefficient (Wildman–Crippen LogP) is 5.31. The van der Waals surface area contributed by atoms with Crippen molar-refractivity contribution >= 4 is 40.2 Å². The van der Waals surface area contributed by atoms with Gasteiger partial charge in [0.2, 0.25) is 5.95 Å². The maximum atomic E-state index is 9.42. The number of nitriles is 1. The van der Waals surface area contributed by atoms with Crippen LogP contribution in [0, 0.1) is 17.2 Å². The van der Waals surface area contributed by atoms with Crippen molar-refractivity contribution in [2.24, 2.45) is 5.92 Å². The molecule has 1 aromatic heterocycles. The van der Waals surface area contributed by atoms with Crippen LogP contribution in [0.3, 0.4) is 0 Å². The van der Waals surface area contributed by atoms with Crippen molar-refractivity contribution in [3.8, 4) is 6.07 Å². The highest BCUT2D eigenvalue weighted by atomic mass is 35.5. The predicted molar refractivity (Wildman–Crippen MR) is 146 cm³/mol. The van der Waals surface area contributed by atoms with E-state index in [0.717, 1.165) is 81.1 Å². The summed E-state index contributed by atoms with van der Waals surface area (Å²) >= 11 is 12.6. The number of H-pyrrole nitrogens is 1. The molecular weight excluding hydrogens is 491 g/mol. The Bertz CT molecular complexity index is 1270.